The number of hydrogen-bond donors (Lipinski definition) is 3. The molecule has 2 aromatic heterocycles. The number of benzene rings is 2. The summed E-state index contributed by atoms with van der Waals surface area (Å²) in [7, 11) is -3.38. The van der Waals surface area contributed by atoms with E-state index in [1.54, 1.807) is 18.2 Å². The van der Waals surface area contributed by atoms with Crippen LogP contribution in [-0.2, 0) is 21.3 Å². The number of aromatic nitrogens is 2. The Morgan fingerprint density at radius 3 is 2.60 bits per heavy atom. The molecule has 5 rings (SSSR count). The van der Waals surface area contributed by atoms with E-state index in [9.17, 15) is 8.42 Å². The highest BCUT2D eigenvalue weighted by Crippen LogP contribution is 2.37. The van der Waals surface area contributed by atoms with Gasteiger partial charge in [-0.3, -0.25) is 9.62 Å². The first-order valence-electron chi connectivity index (χ1n) is 11.1. The zero-order valence-corrected chi connectivity index (χ0v) is 20.8. The Kier molecular flexibility index (Phi) is 6.56. The molecular formula is C24H26N6O3S2. The van der Waals surface area contributed by atoms with Gasteiger partial charge in [0.1, 0.15) is 5.82 Å². The molecule has 4 aromatic rings. The van der Waals surface area contributed by atoms with Crippen LogP contribution >= 0.6 is 11.3 Å². The molecule has 0 saturated carbocycles. The van der Waals surface area contributed by atoms with Crippen molar-refractivity contribution in [1.29, 1.82) is 0 Å². The number of fused-ring (bicyclic) bond motifs is 1. The largest absolute Gasteiger partial charge is 0.382 e. The summed E-state index contributed by atoms with van der Waals surface area (Å²) in [5, 5.41) is 5.21. The molecule has 0 spiro atoms. The van der Waals surface area contributed by atoms with Gasteiger partial charge in [0, 0.05) is 42.0 Å². The number of nitrogens with two attached hydrogens (primary N) is 1. The normalized spacial score (nSPS) is 14.8. The molecule has 2 aromatic carbocycles. The van der Waals surface area contributed by atoms with E-state index >= 15 is 0 Å². The summed E-state index contributed by atoms with van der Waals surface area (Å²) >= 11 is 1.46. The van der Waals surface area contributed by atoms with Gasteiger partial charge in [-0.2, -0.15) is 4.98 Å². The lowest BCUT2D eigenvalue weighted by Gasteiger charge is -2.26. The molecule has 0 radical (unpaired) electrons. The van der Waals surface area contributed by atoms with Crippen molar-refractivity contribution in [2.45, 2.75) is 6.54 Å². The summed E-state index contributed by atoms with van der Waals surface area (Å²) in [6, 6.07) is 15.4. The van der Waals surface area contributed by atoms with Crippen LogP contribution < -0.4 is 15.8 Å². The SMILES string of the molecule is CS(=O)(=O)Nc1cccc(-c2csc3c(N)nc(Nc4ccc(CN5CCOCC5)cc4)nc23)c1. The maximum absolute atomic E-state index is 11.6. The molecule has 4 N–H and O–H groups in total. The Labute approximate surface area is 208 Å². The molecule has 3 heterocycles. The van der Waals surface area contributed by atoms with Crippen molar-refractivity contribution in [3.05, 3.63) is 59.5 Å². The quantitative estimate of drug-likeness (QED) is 0.342. The molecule has 1 aliphatic heterocycles. The summed E-state index contributed by atoms with van der Waals surface area (Å²) in [5.41, 5.74) is 11.3. The summed E-state index contributed by atoms with van der Waals surface area (Å²) < 4.78 is 32.0. The minimum Gasteiger partial charge on any atom is -0.382 e. The van der Waals surface area contributed by atoms with Crippen LogP contribution in [0.5, 0.6) is 0 Å². The topological polar surface area (TPSA) is 122 Å². The summed E-state index contributed by atoms with van der Waals surface area (Å²) in [6.07, 6.45) is 1.13. The highest BCUT2D eigenvalue weighted by atomic mass is 32.2. The number of nitrogens with one attached hydrogen (secondary N) is 2. The van der Waals surface area contributed by atoms with E-state index in [1.807, 2.05) is 23.6 Å². The fraction of sp³-hybridized carbons (Fsp3) is 0.250. The van der Waals surface area contributed by atoms with Crippen molar-refractivity contribution in [1.82, 2.24) is 14.9 Å². The van der Waals surface area contributed by atoms with E-state index in [1.165, 1.54) is 16.9 Å². The lowest BCUT2D eigenvalue weighted by Crippen LogP contribution is -2.35. The molecule has 0 unspecified atom stereocenters. The zero-order chi connectivity index (χ0) is 24.4. The number of hydrogen-bond acceptors (Lipinski definition) is 9. The van der Waals surface area contributed by atoms with Gasteiger partial charge < -0.3 is 15.8 Å². The van der Waals surface area contributed by atoms with Gasteiger partial charge in [0.25, 0.3) is 0 Å². The van der Waals surface area contributed by atoms with Gasteiger partial charge in [-0.05, 0) is 35.4 Å². The van der Waals surface area contributed by atoms with E-state index in [2.05, 4.69) is 32.1 Å². The van der Waals surface area contributed by atoms with Crippen LogP contribution in [0, 0.1) is 0 Å². The number of sulfonamides is 1. The third kappa shape index (κ3) is 5.70. The number of morpholine rings is 1. The van der Waals surface area contributed by atoms with Crippen LogP contribution in [0.25, 0.3) is 21.3 Å². The highest BCUT2D eigenvalue weighted by molar-refractivity contribution is 7.92. The van der Waals surface area contributed by atoms with Gasteiger partial charge in [0.2, 0.25) is 16.0 Å². The summed E-state index contributed by atoms with van der Waals surface area (Å²) in [4.78, 5) is 11.6. The lowest BCUT2D eigenvalue weighted by molar-refractivity contribution is 0.0342. The Balaban J connectivity index is 1.38. The molecule has 9 nitrogen and oxygen atoms in total. The predicted molar refractivity (Wildman–Crippen MR) is 142 cm³/mol. The van der Waals surface area contributed by atoms with Crippen molar-refractivity contribution in [2.24, 2.45) is 0 Å². The van der Waals surface area contributed by atoms with Crippen molar-refractivity contribution in [3.63, 3.8) is 0 Å². The van der Waals surface area contributed by atoms with Gasteiger partial charge >= 0.3 is 0 Å². The predicted octanol–water partition coefficient (Wildman–Crippen LogP) is 3.89. The second-order valence-electron chi connectivity index (χ2n) is 8.43. The fourth-order valence-electron chi connectivity index (χ4n) is 4.01. The first-order valence-corrected chi connectivity index (χ1v) is 13.9. The van der Waals surface area contributed by atoms with E-state index in [4.69, 9.17) is 15.5 Å². The number of thiophene rings is 1. The van der Waals surface area contributed by atoms with Gasteiger partial charge in [-0.15, -0.1) is 11.3 Å². The molecule has 1 aliphatic rings. The standard InChI is InChI=1S/C24H26N6O3S2/c1-35(31,32)29-19-4-2-3-17(13-19)20-15-34-22-21(20)27-24(28-23(22)25)26-18-7-5-16(6-8-18)14-30-9-11-33-12-10-30/h2-8,13,15,29H,9-12,14H2,1H3,(H3,25,26,27,28). The molecule has 182 valence electrons. The third-order valence-electron chi connectivity index (χ3n) is 5.64. The smallest absolute Gasteiger partial charge is 0.229 e. The molecule has 0 amide bonds. The Bertz CT molecular complexity index is 1450. The number of nitrogens with zero attached hydrogens (tertiary/aromatic N) is 3. The summed E-state index contributed by atoms with van der Waals surface area (Å²) in [5.74, 6) is 0.795. The van der Waals surface area contributed by atoms with Crippen molar-refractivity contribution in [2.75, 3.05) is 48.3 Å². The molecular weight excluding hydrogens is 484 g/mol. The van der Waals surface area contributed by atoms with Gasteiger partial charge in [-0.25, -0.2) is 13.4 Å². The zero-order valence-electron chi connectivity index (χ0n) is 19.2. The van der Waals surface area contributed by atoms with E-state index in [-0.39, 0.29) is 0 Å². The summed E-state index contributed by atoms with van der Waals surface area (Å²) in [6.45, 7) is 4.35. The van der Waals surface area contributed by atoms with Crippen molar-refractivity contribution < 1.29 is 13.2 Å². The minimum absolute atomic E-state index is 0.392. The Hall–Kier alpha value is -3.25. The Morgan fingerprint density at radius 2 is 1.86 bits per heavy atom. The highest BCUT2D eigenvalue weighted by Gasteiger charge is 2.15. The molecule has 35 heavy (non-hydrogen) atoms. The van der Waals surface area contributed by atoms with E-state index in [0.717, 1.165) is 60.6 Å². The fourth-order valence-corrected chi connectivity index (χ4v) is 5.48. The Morgan fingerprint density at radius 1 is 1.09 bits per heavy atom. The monoisotopic (exact) mass is 510 g/mol. The van der Waals surface area contributed by atoms with Crippen molar-refractivity contribution >= 4 is 54.7 Å². The average Bonchev–Trinajstić information content (AvgIpc) is 3.25. The van der Waals surface area contributed by atoms with Crippen LogP contribution in [-0.4, -0.2) is 55.8 Å². The van der Waals surface area contributed by atoms with Crippen LogP contribution in [0.15, 0.2) is 53.9 Å². The van der Waals surface area contributed by atoms with Gasteiger partial charge in [0.15, 0.2) is 0 Å². The second kappa shape index (κ2) is 9.78. The molecule has 11 heteroatoms. The van der Waals surface area contributed by atoms with Crippen molar-refractivity contribution in [3.8, 4) is 11.1 Å². The molecule has 1 fully saturated rings. The van der Waals surface area contributed by atoms with Crippen LogP contribution in [0.3, 0.4) is 0 Å². The number of ether oxygens (including phenoxy) is 1. The first-order chi connectivity index (χ1) is 16.8. The first kappa shape index (κ1) is 23.5. The van der Waals surface area contributed by atoms with E-state index in [0.29, 0.717) is 23.0 Å². The number of nitrogen functional groups attached to an aromatic ring is 1. The maximum atomic E-state index is 11.6. The van der Waals surface area contributed by atoms with Gasteiger partial charge in [0.05, 0.1) is 29.7 Å². The molecule has 0 bridgehead atoms. The second-order valence-corrected chi connectivity index (χ2v) is 11.1. The molecule has 0 aliphatic carbocycles. The van der Waals surface area contributed by atoms with Gasteiger partial charge in [-0.1, -0.05) is 24.3 Å². The number of anilines is 4. The number of rotatable bonds is 7. The van der Waals surface area contributed by atoms with Crippen LogP contribution in [0.2, 0.25) is 0 Å². The molecule has 1 saturated heterocycles. The maximum Gasteiger partial charge on any atom is 0.229 e. The molecule has 0 atom stereocenters. The minimum atomic E-state index is -3.38. The van der Waals surface area contributed by atoms with E-state index < -0.39 is 10.0 Å². The third-order valence-corrected chi connectivity index (χ3v) is 7.24. The average molecular weight is 511 g/mol. The van der Waals surface area contributed by atoms with Crippen LogP contribution in [0.1, 0.15) is 5.56 Å². The lowest BCUT2D eigenvalue weighted by atomic mass is 10.1. The van der Waals surface area contributed by atoms with Crippen LogP contribution in [0.4, 0.5) is 23.1 Å².